The molecule has 2 aromatic carbocycles. The maximum atomic E-state index is 14.2. The predicted molar refractivity (Wildman–Crippen MR) is 145 cm³/mol. The van der Waals surface area contributed by atoms with E-state index in [0.717, 1.165) is 24.2 Å². The van der Waals surface area contributed by atoms with E-state index < -0.39 is 17.4 Å². The second-order valence-electron chi connectivity index (χ2n) is 11.6. The molecule has 2 fully saturated rings. The van der Waals surface area contributed by atoms with Gasteiger partial charge in [-0.1, -0.05) is 62.2 Å². The normalized spacial score (nSPS) is 28.4. The first-order valence-electron chi connectivity index (χ1n) is 12.6. The van der Waals surface area contributed by atoms with Crippen molar-refractivity contribution >= 4 is 40.7 Å². The molecule has 0 aromatic heterocycles. The van der Waals surface area contributed by atoms with Gasteiger partial charge in [0.25, 0.3) is 0 Å². The summed E-state index contributed by atoms with van der Waals surface area (Å²) in [5.74, 6) is -0.489. The summed E-state index contributed by atoms with van der Waals surface area (Å²) < 4.78 is 0. The maximum Gasteiger partial charge on any atom is 0.240 e. The second kappa shape index (κ2) is 9.32. The molecular formula is C28H34Cl2N4O2. The molecule has 6 nitrogen and oxygen atoms in total. The van der Waals surface area contributed by atoms with E-state index in [1.165, 1.54) is 0 Å². The van der Waals surface area contributed by atoms with Crippen molar-refractivity contribution in [1.29, 1.82) is 0 Å². The molecule has 8 heteroatoms. The van der Waals surface area contributed by atoms with Crippen LogP contribution in [-0.2, 0) is 15.0 Å². The number of rotatable bonds is 3. The highest BCUT2D eigenvalue weighted by atomic mass is 35.5. The average Bonchev–Trinajstić information content (AvgIpc) is 3.27. The van der Waals surface area contributed by atoms with E-state index in [0.29, 0.717) is 35.2 Å². The fourth-order valence-electron chi connectivity index (χ4n) is 6.33. The molecule has 3 heterocycles. The van der Waals surface area contributed by atoms with Crippen LogP contribution in [0.4, 0.5) is 5.69 Å². The lowest BCUT2D eigenvalue weighted by molar-refractivity contribution is -0.135. The maximum absolute atomic E-state index is 14.2. The highest BCUT2D eigenvalue weighted by Gasteiger charge is 2.66. The number of anilines is 1. The Hall–Kier alpha value is -2.12. The molecule has 0 radical (unpaired) electrons. The smallest absolute Gasteiger partial charge is 0.240 e. The quantitative estimate of drug-likeness (QED) is 0.614. The molecule has 0 aliphatic carbocycles. The van der Waals surface area contributed by atoms with Crippen LogP contribution in [0, 0.1) is 5.41 Å². The summed E-state index contributed by atoms with van der Waals surface area (Å²) in [5, 5.41) is 7.97. The topological polar surface area (TPSA) is 64.7 Å². The third kappa shape index (κ3) is 4.32. The monoisotopic (exact) mass is 528 g/mol. The van der Waals surface area contributed by atoms with Crippen LogP contribution in [-0.4, -0.2) is 66.9 Å². The van der Waals surface area contributed by atoms with Crippen LogP contribution >= 0.6 is 23.2 Å². The molecule has 3 aliphatic heterocycles. The van der Waals surface area contributed by atoms with Gasteiger partial charge in [0.15, 0.2) is 0 Å². The van der Waals surface area contributed by atoms with Crippen molar-refractivity contribution in [1.82, 2.24) is 15.1 Å². The van der Waals surface area contributed by atoms with Gasteiger partial charge in [-0.3, -0.25) is 9.59 Å². The summed E-state index contributed by atoms with van der Waals surface area (Å²) >= 11 is 12.8. The number of nitrogens with zero attached hydrogens (tertiary/aromatic N) is 2. The molecule has 2 aromatic rings. The van der Waals surface area contributed by atoms with Crippen LogP contribution in [0.1, 0.15) is 44.2 Å². The molecule has 1 spiro atoms. The van der Waals surface area contributed by atoms with Crippen molar-refractivity contribution in [3.05, 3.63) is 63.6 Å². The Morgan fingerprint density at radius 1 is 1.06 bits per heavy atom. The number of fused-ring (bicyclic) bond motifs is 2. The number of likely N-dealkylation sites (N-methyl/N-ethyl adjacent to an activating group) is 1. The molecular weight excluding hydrogens is 495 g/mol. The van der Waals surface area contributed by atoms with Crippen LogP contribution in [0.5, 0.6) is 0 Å². The molecule has 5 rings (SSSR count). The fraction of sp³-hybridized carbons (Fsp3) is 0.500. The highest BCUT2D eigenvalue weighted by molar-refractivity contribution is 6.31. The van der Waals surface area contributed by atoms with E-state index in [2.05, 4.69) is 43.4 Å². The first-order chi connectivity index (χ1) is 17.0. The van der Waals surface area contributed by atoms with Gasteiger partial charge in [-0.15, -0.1) is 0 Å². The zero-order valence-electron chi connectivity index (χ0n) is 21.3. The lowest BCUT2D eigenvalue weighted by atomic mass is 9.62. The average molecular weight is 530 g/mol. The van der Waals surface area contributed by atoms with Crippen LogP contribution in [0.15, 0.2) is 42.5 Å². The molecule has 0 bridgehead atoms. The van der Waals surface area contributed by atoms with Gasteiger partial charge in [0.05, 0.1) is 6.04 Å². The SMILES string of the molecule is CN1CCN(C(=O)[C@@H]2N[C@H](CC(C)(C)C)[C@]3(C(=O)Nc4cc(Cl)ccc43)[C@H]2c2cccc(Cl)c2)CC1. The third-order valence-corrected chi connectivity index (χ3v) is 8.38. The van der Waals surface area contributed by atoms with Gasteiger partial charge in [0.1, 0.15) is 5.41 Å². The molecule has 192 valence electrons. The van der Waals surface area contributed by atoms with E-state index in [9.17, 15) is 9.59 Å². The molecule has 2 N–H and O–H groups in total. The Morgan fingerprint density at radius 2 is 1.75 bits per heavy atom. The molecule has 36 heavy (non-hydrogen) atoms. The molecule has 2 saturated heterocycles. The largest absolute Gasteiger partial charge is 0.339 e. The number of hydrogen-bond acceptors (Lipinski definition) is 4. The number of carbonyl (C=O) groups is 2. The standard InChI is InChI=1S/C28H34Cl2N4O2/c1-27(2,3)16-22-28(20-9-8-19(30)15-21(20)31-26(28)36)23(17-6-5-7-18(29)14-17)24(32-22)25(35)34-12-10-33(4)11-13-34/h5-9,14-15,22-24,32H,10-13,16H2,1-4H3,(H,31,36)/t22-,23+,24-,28+/m1/s1. The van der Waals surface area contributed by atoms with E-state index in [1.807, 2.05) is 47.4 Å². The van der Waals surface area contributed by atoms with E-state index in [4.69, 9.17) is 23.2 Å². The van der Waals surface area contributed by atoms with E-state index in [-0.39, 0.29) is 23.3 Å². The fourth-order valence-corrected chi connectivity index (χ4v) is 6.70. The van der Waals surface area contributed by atoms with Gasteiger partial charge in [-0.2, -0.15) is 0 Å². The molecule has 0 unspecified atom stereocenters. The van der Waals surface area contributed by atoms with Crippen molar-refractivity contribution in [2.45, 2.75) is 50.6 Å². The van der Waals surface area contributed by atoms with E-state index >= 15 is 0 Å². The molecule has 4 atom stereocenters. The number of nitrogens with one attached hydrogen (secondary N) is 2. The number of benzene rings is 2. The number of carbonyl (C=O) groups excluding carboxylic acids is 2. The van der Waals surface area contributed by atoms with Gasteiger partial charge in [-0.25, -0.2) is 0 Å². The molecule has 0 saturated carbocycles. The lowest BCUT2D eigenvalue weighted by Gasteiger charge is -2.38. The van der Waals surface area contributed by atoms with Crippen LogP contribution in [0.25, 0.3) is 0 Å². The van der Waals surface area contributed by atoms with Crippen molar-refractivity contribution < 1.29 is 9.59 Å². The number of piperazine rings is 1. The lowest BCUT2D eigenvalue weighted by Crippen LogP contribution is -2.53. The Labute approximate surface area is 223 Å². The van der Waals surface area contributed by atoms with Crippen LogP contribution < -0.4 is 10.6 Å². The van der Waals surface area contributed by atoms with Gasteiger partial charge in [0, 0.05) is 53.9 Å². The summed E-state index contributed by atoms with van der Waals surface area (Å²) in [6.45, 7) is 9.51. The zero-order chi connectivity index (χ0) is 25.8. The van der Waals surface area contributed by atoms with Crippen molar-refractivity contribution in [2.75, 3.05) is 38.5 Å². The first-order valence-corrected chi connectivity index (χ1v) is 13.4. The number of hydrogen-bond donors (Lipinski definition) is 2. The summed E-state index contributed by atoms with van der Waals surface area (Å²) in [5.41, 5.74) is 1.43. The minimum absolute atomic E-state index is 0.0408. The Morgan fingerprint density at radius 3 is 2.42 bits per heavy atom. The minimum atomic E-state index is -0.981. The molecule has 3 aliphatic rings. The zero-order valence-corrected chi connectivity index (χ0v) is 22.8. The van der Waals surface area contributed by atoms with Crippen LogP contribution in [0.3, 0.4) is 0 Å². The van der Waals surface area contributed by atoms with Crippen LogP contribution in [0.2, 0.25) is 10.0 Å². The van der Waals surface area contributed by atoms with Crippen molar-refractivity contribution in [3.63, 3.8) is 0 Å². The van der Waals surface area contributed by atoms with E-state index in [1.54, 1.807) is 0 Å². The first kappa shape index (κ1) is 25.5. The summed E-state index contributed by atoms with van der Waals surface area (Å²) in [6.07, 6.45) is 0.714. The third-order valence-electron chi connectivity index (χ3n) is 7.91. The summed E-state index contributed by atoms with van der Waals surface area (Å²) in [7, 11) is 2.07. The number of amides is 2. The van der Waals surface area contributed by atoms with Gasteiger partial charge in [-0.05, 0) is 54.3 Å². The predicted octanol–water partition coefficient (Wildman–Crippen LogP) is 4.52. The summed E-state index contributed by atoms with van der Waals surface area (Å²) in [6, 6.07) is 12.4. The number of halogens is 2. The molecule has 2 amide bonds. The van der Waals surface area contributed by atoms with Gasteiger partial charge >= 0.3 is 0 Å². The summed E-state index contributed by atoms with van der Waals surface area (Å²) in [4.78, 5) is 32.5. The van der Waals surface area contributed by atoms with Gasteiger partial charge < -0.3 is 20.4 Å². The van der Waals surface area contributed by atoms with Crippen molar-refractivity contribution in [2.24, 2.45) is 5.41 Å². The van der Waals surface area contributed by atoms with Crippen molar-refractivity contribution in [3.8, 4) is 0 Å². The highest BCUT2D eigenvalue weighted by Crippen LogP contribution is 2.57. The Bertz CT molecular complexity index is 1190. The second-order valence-corrected chi connectivity index (χ2v) is 12.5. The Balaban J connectivity index is 1.70. The van der Waals surface area contributed by atoms with Gasteiger partial charge in [0.2, 0.25) is 11.8 Å². The Kier molecular flexibility index (Phi) is 6.61. The minimum Gasteiger partial charge on any atom is -0.339 e.